The van der Waals surface area contributed by atoms with Crippen molar-refractivity contribution in [1.29, 1.82) is 0 Å². The monoisotopic (exact) mass is 338 g/mol. The molecule has 0 fully saturated rings. The summed E-state index contributed by atoms with van der Waals surface area (Å²) in [5.41, 5.74) is 1.05. The molecule has 0 unspecified atom stereocenters. The van der Waals surface area contributed by atoms with Crippen molar-refractivity contribution in [2.24, 2.45) is 5.92 Å². The summed E-state index contributed by atoms with van der Waals surface area (Å²) in [5.74, 6) is 0.548. The van der Waals surface area contributed by atoms with Gasteiger partial charge in [-0.1, -0.05) is 37.0 Å². The molecule has 22 heavy (non-hydrogen) atoms. The lowest BCUT2D eigenvalue weighted by molar-refractivity contribution is 0.0948. The predicted molar refractivity (Wildman–Crippen MR) is 88.9 cm³/mol. The molecule has 2 rings (SSSR count). The number of benzene rings is 1. The summed E-state index contributed by atoms with van der Waals surface area (Å²) >= 11 is 11.9. The van der Waals surface area contributed by atoms with Crippen LogP contribution in [0.4, 0.5) is 11.6 Å². The van der Waals surface area contributed by atoms with E-state index in [4.69, 9.17) is 23.2 Å². The molecule has 0 radical (unpaired) electrons. The number of carbonyl (C=O) groups excluding carboxylic acids is 1. The Morgan fingerprint density at radius 3 is 2.50 bits per heavy atom. The second-order valence-corrected chi connectivity index (χ2v) is 5.99. The zero-order valence-corrected chi connectivity index (χ0v) is 13.7. The Kier molecular flexibility index (Phi) is 5.57. The Labute approximate surface area is 139 Å². The molecule has 0 bridgehead atoms. The first-order valence-electron chi connectivity index (χ1n) is 6.78. The second kappa shape index (κ2) is 7.42. The van der Waals surface area contributed by atoms with Crippen LogP contribution in [0.5, 0.6) is 0 Å². The topological polar surface area (TPSA) is 66.9 Å². The van der Waals surface area contributed by atoms with Crippen molar-refractivity contribution in [3.05, 3.63) is 46.2 Å². The molecule has 1 heterocycles. The molecule has 1 aromatic carbocycles. The van der Waals surface area contributed by atoms with Crippen LogP contribution in [0.2, 0.25) is 10.0 Å². The number of amides is 1. The number of nitrogens with zero attached hydrogens (tertiary/aromatic N) is 2. The van der Waals surface area contributed by atoms with E-state index in [0.717, 1.165) is 0 Å². The van der Waals surface area contributed by atoms with Gasteiger partial charge >= 0.3 is 0 Å². The number of carbonyl (C=O) groups is 1. The van der Waals surface area contributed by atoms with Gasteiger partial charge in [0, 0.05) is 24.0 Å². The van der Waals surface area contributed by atoms with Crippen LogP contribution < -0.4 is 10.6 Å². The molecule has 0 aliphatic carbocycles. The predicted octanol–water partition coefficient (Wildman–Crippen LogP) is 3.91. The van der Waals surface area contributed by atoms with Gasteiger partial charge in [-0.25, -0.2) is 9.97 Å². The average Bonchev–Trinajstić information content (AvgIpc) is 2.48. The van der Waals surface area contributed by atoms with Gasteiger partial charge in [0.25, 0.3) is 5.91 Å². The summed E-state index contributed by atoms with van der Waals surface area (Å²) in [6.07, 6.45) is 2.93. The number of nitrogens with one attached hydrogen (secondary N) is 2. The fraction of sp³-hybridized carbons (Fsp3) is 0.267. The van der Waals surface area contributed by atoms with Crippen molar-refractivity contribution in [2.45, 2.75) is 13.8 Å². The first kappa shape index (κ1) is 16.5. The van der Waals surface area contributed by atoms with E-state index >= 15 is 0 Å². The average molecular weight is 339 g/mol. The Morgan fingerprint density at radius 1 is 1.23 bits per heavy atom. The van der Waals surface area contributed by atoms with Gasteiger partial charge in [-0.05, 0) is 24.1 Å². The molecule has 0 saturated carbocycles. The minimum atomic E-state index is -0.190. The maximum Gasteiger partial charge on any atom is 0.254 e. The van der Waals surface area contributed by atoms with Crippen molar-refractivity contribution >= 4 is 40.7 Å². The van der Waals surface area contributed by atoms with Crippen molar-refractivity contribution in [3.63, 3.8) is 0 Å². The molecule has 0 aliphatic rings. The SMILES string of the molecule is CC(C)CNC(=O)c1cnc(Nc2ccc(Cl)cc2Cl)nc1. The second-order valence-electron chi connectivity index (χ2n) is 5.15. The van der Waals surface area contributed by atoms with Crippen molar-refractivity contribution in [1.82, 2.24) is 15.3 Å². The van der Waals surface area contributed by atoms with Crippen LogP contribution in [0.3, 0.4) is 0 Å². The minimum absolute atomic E-state index is 0.190. The molecule has 0 aliphatic heterocycles. The van der Waals surface area contributed by atoms with Crippen LogP contribution in [-0.2, 0) is 0 Å². The standard InChI is InChI=1S/C15H16Cl2N4O/c1-9(2)6-18-14(22)10-7-19-15(20-8-10)21-13-4-3-11(16)5-12(13)17/h3-5,7-9H,6H2,1-2H3,(H,18,22)(H,19,20,21). The molecule has 0 saturated heterocycles. The fourth-order valence-electron chi connectivity index (χ4n) is 1.62. The van der Waals surface area contributed by atoms with E-state index in [9.17, 15) is 4.79 Å². The summed E-state index contributed by atoms with van der Waals surface area (Å²) in [7, 11) is 0. The molecular weight excluding hydrogens is 323 g/mol. The van der Waals surface area contributed by atoms with Crippen LogP contribution in [0.15, 0.2) is 30.6 Å². The summed E-state index contributed by atoms with van der Waals surface area (Å²) in [4.78, 5) is 20.1. The summed E-state index contributed by atoms with van der Waals surface area (Å²) in [6.45, 7) is 4.67. The summed E-state index contributed by atoms with van der Waals surface area (Å²) < 4.78 is 0. The lowest BCUT2D eigenvalue weighted by Gasteiger charge is -2.09. The highest BCUT2D eigenvalue weighted by molar-refractivity contribution is 6.36. The van der Waals surface area contributed by atoms with Crippen molar-refractivity contribution in [2.75, 3.05) is 11.9 Å². The summed E-state index contributed by atoms with van der Waals surface area (Å²) in [5, 5.41) is 6.80. The zero-order valence-electron chi connectivity index (χ0n) is 12.2. The highest BCUT2D eigenvalue weighted by Crippen LogP contribution is 2.26. The first-order valence-corrected chi connectivity index (χ1v) is 7.53. The third kappa shape index (κ3) is 4.58. The fourth-order valence-corrected chi connectivity index (χ4v) is 2.08. The third-order valence-electron chi connectivity index (χ3n) is 2.76. The highest BCUT2D eigenvalue weighted by atomic mass is 35.5. The van der Waals surface area contributed by atoms with Crippen molar-refractivity contribution in [3.8, 4) is 0 Å². The zero-order chi connectivity index (χ0) is 16.1. The molecule has 116 valence electrons. The van der Waals surface area contributed by atoms with Crippen LogP contribution >= 0.6 is 23.2 Å². The van der Waals surface area contributed by atoms with E-state index < -0.39 is 0 Å². The summed E-state index contributed by atoms with van der Waals surface area (Å²) in [6, 6.07) is 5.07. The Balaban J connectivity index is 2.04. The first-order chi connectivity index (χ1) is 10.5. The molecule has 0 atom stereocenters. The van der Waals surface area contributed by atoms with Gasteiger partial charge in [0.2, 0.25) is 5.95 Å². The number of halogens is 2. The highest BCUT2D eigenvalue weighted by Gasteiger charge is 2.08. The maximum atomic E-state index is 11.9. The van der Waals surface area contributed by atoms with Gasteiger partial charge in [-0.15, -0.1) is 0 Å². The molecule has 2 aromatic rings. The van der Waals surface area contributed by atoms with E-state index in [1.54, 1.807) is 18.2 Å². The van der Waals surface area contributed by atoms with E-state index in [1.165, 1.54) is 12.4 Å². The molecule has 7 heteroatoms. The number of aromatic nitrogens is 2. The lowest BCUT2D eigenvalue weighted by atomic mass is 10.2. The minimum Gasteiger partial charge on any atom is -0.352 e. The van der Waals surface area contributed by atoms with E-state index in [0.29, 0.717) is 39.7 Å². The van der Waals surface area contributed by atoms with E-state index in [2.05, 4.69) is 20.6 Å². The van der Waals surface area contributed by atoms with Gasteiger partial charge in [0.05, 0.1) is 16.3 Å². The maximum absolute atomic E-state index is 11.9. The van der Waals surface area contributed by atoms with E-state index in [1.807, 2.05) is 13.8 Å². The van der Waals surface area contributed by atoms with E-state index in [-0.39, 0.29) is 5.91 Å². The van der Waals surface area contributed by atoms with Gasteiger partial charge < -0.3 is 10.6 Å². The van der Waals surface area contributed by atoms with Gasteiger partial charge in [-0.3, -0.25) is 4.79 Å². The molecule has 1 amide bonds. The Hall–Kier alpha value is -1.85. The smallest absolute Gasteiger partial charge is 0.254 e. The molecule has 2 N–H and O–H groups in total. The van der Waals surface area contributed by atoms with Crippen LogP contribution in [-0.4, -0.2) is 22.4 Å². The Bertz CT molecular complexity index is 659. The Morgan fingerprint density at radius 2 is 1.91 bits per heavy atom. The van der Waals surface area contributed by atoms with Gasteiger partial charge in [0.15, 0.2) is 0 Å². The van der Waals surface area contributed by atoms with Crippen LogP contribution in [0.1, 0.15) is 24.2 Å². The number of rotatable bonds is 5. The molecular formula is C15H16Cl2N4O. The molecule has 5 nitrogen and oxygen atoms in total. The molecule has 1 aromatic heterocycles. The van der Waals surface area contributed by atoms with Crippen LogP contribution in [0.25, 0.3) is 0 Å². The number of anilines is 2. The van der Waals surface area contributed by atoms with Gasteiger partial charge in [-0.2, -0.15) is 0 Å². The third-order valence-corrected chi connectivity index (χ3v) is 3.31. The largest absolute Gasteiger partial charge is 0.352 e. The number of hydrogen-bond donors (Lipinski definition) is 2. The normalized spacial score (nSPS) is 10.6. The quantitative estimate of drug-likeness (QED) is 0.867. The lowest BCUT2D eigenvalue weighted by Crippen LogP contribution is -2.27. The number of hydrogen-bond acceptors (Lipinski definition) is 4. The van der Waals surface area contributed by atoms with Gasteiger partial charge in [0.1, 0.15) is 0 Å². The molecule has 0 spiro atoms. The van der Waals surface area contributed by atoms with Crippen molar-refractivity contribution < 1.29 is 4.79 Å². The van der Waals surface area contributed by atoms with Crippen LogP contribution in [0, 0.1) is 5.92 Å².